The van der Waals surface area contributed by atoms with E-state index in [1.807, 2.05) is 47.4 Å². The van der Waals surface area contributed by atoms with Crippen molar-refractivity contribution in [2.24, 2.45) is 0 Å². The molecule has 2 heterocycles. The Labute approximate surface area is 185 Å². The van der Waals surface area contributed by atoms with E-state index in [0.717, 1.165) is 17.3 Å². The Morgan fingerprint density at radius 3 is 2.47 bits per heavy atom. The lowest BCUT2D eigenvalue weighted by Gasteiger charge is -2.33. The Hall–Kier alpha value is -3.28. The molecule has 1 aliphatic rings. The van der Waals surface area contributed by atoms with E-state index in [1.165, 1.54) is 23.5 Å². The SMILES string of the molecule is COc1ccc(S(=O)(=O)N2CCN(Cc3cnn(-c4ccccc4)c3)CC2)cc1[N+](=O)[O-]. The van der Waals surface area contributed by atoms with Gasteiger partial charge >= 0.3 is 5.69 Å². The quantitative estimate of drug-likeness (QED) is 0.395. The van der Waals surface area contributed by atoms with Crippen LogP contribution in [0.25, 0.3) is 5.69 Å². The van der Waals surface area contributed by atoms with Crippen LogP contribution in [0.1, 0.15) is 5.56 Å². The molecule has 1 fully saturated rings. The molecule has 1 aliphatic heterocycles. The Balaban J connectivity index is 1.41. The first-order chi connectivity index (χ1) is 15.4. The number of ether oxygens (including phenoxy) is 1. The first-order valence-electron chi connectivity index (χ1n) is 10.0. The van der Waals surface area contributed by atoms with Crippen LogP contribution in [-0.2, 0) is 16.6 Å². The van der Waals surface area contributed by atoms with Gasteiger partial charge in [-0.2, -0.15) is 9.40 Å². The van der Waals surface area contributed by atoms with Crippen molar-refractivity contribution in [3.05, 3.63) is 76.6 Å². The highest BCUT2D eigenvalue weighted by molar-refractivity contribution is 7.89. The topological polar surface area (TPSA) is 111 Å². The lowest BCUT2D eigenvalue weighted by atomic mass is 10.3. The van der Waals surface area contributed by atoms with Gasteiger partial charge in [-0.05, 0) is 24.3 Å². The summed E-state index contributed by atoms with van der Waals surface area (Å²) in [6.45, 7) is 2.36. The van der Waals surface area contributed by atoms with Crippen molar-refractivity contribution in [1.29, 1.82) is 0 Å². The Morgan fingerprint density at radius 1 is 1.09 bits per heavy atom. The molecular weight excluding hydrogens is 434 g/mol. The predicted octanol–water partition coefficient (Wildman–Crippen LogP) is 2.30. The van der Waals surface area contributed by atoms with E-state index in [-0.39, 0.29) is 16.3 Å². The molecule has 10 nitrogen and oxygen atoms in total. The molecule has 0 atom stereocenters. The summed E-state index contributed by atoms with van der Waals surface area (Å²) < 4.78 is 34.2. The number of rotatable bonds is 7. The molecule has 0 spiro atoms. The van der Waals surface area contributed by atoms with Crippen LogP contribution in [-0.4, -0.2) is 65.6 Å². The minimum absolute atomic E-state index is 0.0230. The Kier molecular flexibility index (Phi) is 6.21. The highest BCUT2D eigenvalue weighted by Gasteiger charge is 2.30. The number of hydrogen-bond donors (Lipinski definition) is 0. The van der Waals surface area contributed by atoms with Gasteiger partial charge in [0, 0.05) is 50.6 Å². The van der Waals surface area contributed by atoms with Crippen LogP contribution in [0.4, 0.5) is 5.69 Å². The first kappa shape index (κ1) is 21.9. The van der Waals surface area contributed by atoms with Crippen LogP contribution in [0.5, 0.6) is 5.75 Å². The van der Waals surface area contributed by atoms with Gasteiger partial charge in [0.25, 0.3) is 0 Å². The van der Waals surface area contributed by atoms with Crippen LogP contribution in [0.2, 0.25) is 0 Å². The van der Waals surface area contributed by atoms with E-state index < -0.39 is 14.9 Å². The molecule has 0 aliphatic carbocycles. The molecule has 4 rings (SSSR count). The summed E-state index contributed by atoms with van der Waals surface area (Å²) >= 11 is 0. The normalized spacial score (nSPS) is 15.5. The lowest BCUT2D eigenvalue weighted by molar-refractivity contribution is -0.386. The molecule has 1 saturated heterocycles. The number of nitro benzene ring substituents is 1. The van der Waals surface area contributed by atoms with Crippen LogP contribution >= 0.6 is 0 Å². The maximum absolute atomic E-state index is 13.0. The third-order valence-electron chi connectivity index (χ3n) is 5.38. The fraction of sp³-hybridized carbons (Fsp3) is 0.286. The molecule has 11 heteroatoms. The summed E-state index contributed by atoms with van der Waals surface area (Å²) in [6, 6.07) is 13.5. The zero-order chi connectivity index (χ0) is 22.7. The summed E-state index contributed by atoms with van der Waals surface area (Å²) in [5, 5.41) is 15.6. The van der Waals surface area contributed by atoms with Gasteiger partial charge in [-0.1, -0.05) is 18.2 Å². The Morgan fingerprint density at radius 2 is 1.81 bits per heavy atom. The smallest absolute Gasteiger partial charge is 0.312 e. The second-order valence-electron chi connectivity index (χ2n) is 7.40. The van der Waals surface area contributed by atoms with E-state index in [4.69, 9.17) is 4.74 Å². The summed E-state index contributed by atoms with van der Waals surface area (Å²) in [4.78, 5) is 12.7. The maximum atomic E-state index is 13.0. The number of nitro groups is 1. The number of para-hydroxylation sites is 1. The number of sulfonamides is 1. The summed E-state index contributed by atoms with van der Waals surface area (Å²) in [5.41, 5.74) is 1.64. The highest BCUT2D eigenvalue weighted by Crippen LogP contribution is 2.30. The molecule has 32 heavy (non-hydrogen) atoms. The maximum Gasteiger partial charge on any atom is 0.312 e. The summed E-state index contributed by atoms with van der Waals surface area (Å²) in [7, 11) is -2.54. The first-order valence-corrected chi connectivity index (χ1v) is 11.5. The van der Waals surface area contributed by atoms with Gasteiger partial charge in [0.15, 0.2) is 5.75 Å². The van der Waals surface area contributed by atoms with Crippen LogP contribution in [0, 0.1) is 10.1 Å². The minimum Gasteiger partial charge on any atom is -0.490 e. The van der Waals surface area contributed by atoms with Gasteiger partial charge in [0.1, 0.15) is 0 Å². The zero-order valence-corrected chi connectivity index (χ0v) is 18.3. The van der Waals surface area contributed by atoms with E-state index in [9.17, 15) is 18.5 Å². The van der Waals surface area contributed by atoms with E-state index >= 15 is 0 Å². The number of methoxy groups -OCH3 is 1. The molecule has 0 amide bonds. The predicted molar refractivity (Wildman–Crippen MR) is 117 cm³/mol. The van der Waals surface area contributed by atoms with Crippen molar-refractivity contribution < 1.29 is 18.1 Å². The van der Waals surface area contributed by atoms with Crippen molar-refractivity contribution in [3.8, 4) is 11.4 Å². The van der Waals surface area contributed by atoms with E-state index in [0.29, 0.717) is 32.7 Å². The average molecular weight is 458 g/mol. The Bertz CT molecular complexity index is 1200. The third-order valence-corrected chi connectivity index (χ3v) is 7.27. The van der Waals surface area contributed by atoms with Crippen molar-refractivity contribution in [1.82, 2.24) is 19.0 Å². The molecule has 0 radical (unpaired) electrons. The van der Waals surface area contributed by atoms with E-state index in [1.54, 1.807) is 0 Å². The second-order valence-corrected chi connectivity index (χ2v) is 9.34. The molecular formula is C21H23N5O5S. The molecule has 2 aromatic carbocycles. The number of aromatic nitrogens is 2. The van der Waals surface area contributed by atoms with Gasteiger partial charge < -0.3 is 4.74 Å². The zero-order valence-electron chi connectivity index (χ0n) is 17.5. The number of benzene rings is 2. The largest absolute Gasteiger partial charge is 0.490 e. The van der Waals surface area contributed by atoms with Crippen LogP contribution in [0.3, 0.4) is 0 Å². The van der Waals surface area contributed by atoms with Crippen molar-refractivity contribution >= 4 is 15.7 Å². The number of hydrogen-bond acceptors (Lipinski definition) is 7. The van der Waals surface area contributed by atoms with Gasteiger partial charge in [-0.3, -0.25) is 15.0 Å². The molecule has 168 valence electrons. The highest BCUT2D eigenvalue weighted by atomic mass is 32.2. The lowest BCUT2D eigenvalue weighted by Crippen LogP contribution is -2.48. The fourth-order valence-corrected chi connectivity index (χ4v) is 5.11. The van der Waals surface area contributed by atoms with E-state index in [2.05, 4.69) is 10.00 Å². The van der Waals surface area contributed by atoms with Gasteiger partial charge in [0.2, 0.25) is 10.0 Å². The molecule has 0 saturated carbocycles. The summed E-state index contributed by atoms with van der Waals surface area (Å²) in [5.74, 6) is 0.0230. The van der Waals surface area contributed by atoms with Crippen LogP contribution in [0.15, 0.2) is 65.8 Å². The standard InChI is InChI=1S/C21H23N5O5S/c1-31-21-8-7-19(13-20(21)26(27)28)32(29,30)24-11-9-23(10-12-24)15-17-14-22-25(16-17)18-5-3-2-4-6-18/h2-8,13-14,16H,9-12,15H2,1H3. The molecule has 1 aromatic heterocycles. The average Bonchev–Trinajstić information content (AvgIpc) is 3.28. The minimum atomic E-state index is -3.84. The second kappa shape index (κ2) is 9.07. The molecule has 3 aromatic rings. The van der Waals surface area contributed by atoms with Crippen LogP contribution < -0.4 is 4.74 Å². The molecule has 0 unspecified atom stereocenters. The molecule has 0 N–H and O–H groups in total. The van der Waals surface area contributed by atoms with Crippen molar-refractivity contribution in [3.63, 3.8) is 0 Å². The van der Waals surface area contributed by atoms with Gasteiger partial charge in [-0.15, -0.1) is 0 Å². The molecule has 0 bridgehead atoms. The van der Waals surface area contributed by atoms with Gasteiger partial charge in [0.05, 0.1) is 28.8 Å². The summed E-state index contributed by atoms with van der Waals surface area (Å²) in [6.07, 6.45) is 3.78. The fourth-order valence-electron chi connectivity index (χ4n) is 3.67. The van der Waals surface area contributed by atoms with Crippen molar-refractivity contribution in [2.75, 3.05) is 33.3 Å². The third kappa shape index (κ3) is 4.49. The van der Waals surface area contributed by atoms with Crippen molar-refractivity contribution in [2.45, 2.75) is 11.4 Å². The number of piperazine rings is 1. The number of nitrogens with zero attached hydrogens (tertiary/aromatic N) is 5. The monoisotopic (exact) mass is 457 g/mol. The van der Waals surface area contributed by atoms with Gasteiger partial charge in [-0.25, -0.2) is 13.1 Å².